The van der Waals surface area contributed by atoms with E-state index in [-0.39, 0.29) is 18.4 Å². The lowest BCUT2D eigenvalue weighted by Gasteiger charge is -2.11. The Kier molecular flexibility index (Phi) is 6.26. The highest BCUT2D eigenvalue weighted by molar-refractivity contribution is 5.94. The largest absolute Gasteiger partial charge is 0.352 e. The van der Waals surface area contributed by atoms with Crippen molar-refractivity contribution in [3.63, 3.8) is 0 Å². The van der Waals surface area contributed by atoms with Crippen LogP contribution in [0.5, 0.6) is 0 Å². The van der Waals surface area contributed by atoms with Crippen molar-refractivity contribution >= 4 is 28.5 Å². The van der Waals surface area contributed by atoms with Gasteiger partial charge in [0.2, 0.25) is 5.91 Å². The number of carbonyl (C=O) groups is 2. The Bertz CT molecular complexity index is 1280. The number of halogens is 1. The maximum absolute atomic E-state index is 13.4. The highest BCUT2D eigenvalue weighted by Gasteiger charge is 2.14. The van der Waals surface area contributed by atoms with Gasteiger partial charge in [0.1, 0.15) is 18.2 Å². The van der Waals surface area contributed by atoms with Gasteiger partial charge in [0.05, 0.1) is 11.0 Å². The zero-order chi connectivity index (χ0) is 22.5. The molecule has 2 N–H and O–H groups in total. The molecule has 1 heterocycles. The number of rotatable bonds is 7. The SMILES string of the molecule is Cc1cccc(C(=O)NCCc2nc3ccccc3n2CC(=O)Nc2cccc(F)c2)c1. The van der Waals surface area contributed by atoms with Crippen LogP contribution in [0.2, 0.25) is 0 Å². The summed E-state index contributed by atoms with van der Waals surface area (Å²) in [6.45, 7) is 2.34. The maximum Gasteiger partial charge on any atom is 0.251 e. The van der Waals surface area contributed by atoms with Gasteiger partial charge in [0, 0.05) is 24.2 Å². The minimum Gasteiger partial charge on any atom is -0.352 e. The molecule has 162 valence electrons. The summed E-state index contributed by atoms with van der Waals surface area (Å²) in [6.07, 6.45) is 0.458. The molecule has 0 aliphatic rings. The van der Waals surface area contributed by atoms with Crippen molar-refractivity contribution in [1.29, 1.82) is 0 Å². The maximum atomic E-state index is 13.4. The molecule has 0 radical (unpaired) electrons. The minimum absolute atomic E-state index is 0.0260. The van der Waals surface area contributed by atoms with Gasteiger partial charge >= 0.3 is 0 Å². The average molecular weight is 430 g/mol. The molecule has 0 unspecified atom stereocenters. The standard InChI is InChI=1S/C25H23FN4O2/c1-17-6-4-7-18(14-17)25(32)27-13-12-23-29-21-10-2-3-11-22(21)30(23)16-24(31)28-20-9-5-8-19(26)15-20/h2-11,14-15H,12-13,16H2,1H3,(H,27,32)(H,28,31). The molecule has 2 amide bonds. The topological polar surface area (TPSA) is 76.0 Å². The lowest BCUT2D eigenvalue weighted by atomic mass is 10.1. The van der Waals surface area contributed by atoms with E-state index in [1.807, 2.05) is 54.0 Å². The molecule has 6 nitrogen and oxygen atoms in total. The Hall–Kier alpha value is -4.00. The lowest BCUT2D eigenvalue weighted by Crippen LogP contribution is -2.27. The van der Waals surface area contributed by atoms with E-state index in [0.29, 0.717) is 30.0 Å². The Morgan fingerprint density at radius 2 is 1.81 bits per heavy atom. The number of nitrogens with one attached hydrogen (secondary N) is 2. The van der Waals surface area contributed by atoms with Crippen LogP contribution in [0.15, 0.2) is 72.8 Å². The van der Waals surface area contributed by atoms with Gasteiger partial charge < -0.3 is 15.2 Å². The number of carbonyl (C=O) groups excluding carboxylic acids is 2. The third kappa shape index (κ3) is 5.00. The quantitative estimate of drug-likeness (QED) is 0.464. The molecule has 7 heteroatoms. The summed E-state index contributed by atoms with van der Waals surface area (Å²) in [4.78, 5) is 29.7. The first-order valence-electron chi connectivity index (χ1n) is 10.3. The van der Waals surface area contributed by atoms with Gasteiger partial charge in [-0.25, -0.2) is 9.37 Å². The number of fused-ring (bicyclic) bond motifs is 1. The second-order valence-corrected chi connectivity index (χ2v) is 7.54. The number of benzene rings is 3. The lowest BCUT2D eigenvalue weighted by molar-refractivity contribution is -0.116. The molecule has 0 saturated carbocycles. The van der Waals surface area contributed by atoms with E-state index in [9.17, 15) is 14.0 Å². The van der Waals surface area contributed by atoms with Gasteiger partial charge in [-0.15, -0.1) is 0 Å². The predicted molar refractivity (Wildman–Crippen MR) is 122 cm³/mol. The molecular formula is C25H23FN4O2. The van der Waals surface area contributed by atoms with Crippen molar-refractivity contribution in [2.24, 2.45) is 0 Å². The number of hydrogen-bond donors (Lipinski definition) is 2. The van der Waals surface area contributed by atoms with Gasteiger partial charge in [-0.1, -0.05) is 35.9 Å². The van der Waals surface area contributed by atoms with Crippen LogP contribution in [0, 0.1) is 12.7 Å². The van der Waals surface area contributed by atoms with Crippen molar-refractivity contribution < 1.29 is 14.0 Å². The number of aromatic nitrogens is 2. The highest BCUT2D eigenvalue weighted by atomic mass is 19.1. The average Bonchev–Trinajstić information content (AvgIpc) is 3.11. The van der Waals surface area contributed by atoms with E-state index < -0.39 is 5.82 Å². The Morgan fingerprint density at radius 1 is 1.00 bits per heavy atom. The number of aryl methyl sites for hydroxylation is 1. The van der Waals surface area contributed by atoms with Crippen LogP contribution in [0.3, 0.4) is 0 Å². The summed E-state index contributed by atoms with van der Waals surface area (Å²) in [7, 11) is 0. The molecule has 0 spiro atoms. The van der Waals surface area contributed by atoms with E-state index in [2.05, 4.69) is 15.6 Å². The van der Waals surface area contributed by atoms with Crippen molar-refractivity contribution in [2.75, 3.05) is 11.9 Å². The zero-order valence-corrected chi connectivity index (χ0v) is 17.6. The predicted octanol–water partition coefficient (Wildman–Crippen LogP) is 4.10. The first kappa shape index (κ1) is 21.2. The normalized spacial score (nSPS) is 10.8. The third-order valence-electron chi connectivity index (χ3n) is 5.06. The van der Waals surface area contributed by atoms with Crippen molar-refractivity contribution in [3.8, 4) is 0 Å². The fraction of sp³-hybridized carbons (Fsp3) is 0.160. The fourth-order valence-electron chi connectivity index (χ4n) is 3.58. The molecular weight excluding hydrogens is 407 g/mol. The Morgan fingerprint density at radius 3 is 2.62 bits per heavy atom. The third-order valence-corrected chi connectivity index (χ3v) is 5.06. The fourth-order valence-corrected chi connectivity index (χ4v) is 3.58. The molecule has 3 aromatic carbocycles. The summed E-state index contributed by atoms with van der Waals surface area (Å²) < 4.78 is 15.2. The molecule has 4 aromatic rings. The van der Waals surface area contributed by atoms with Crippen molar-refractivity contribution in [3.05, 3.63) is 95.6 Å². The van der Waals surface area contributed by atoms with Crippen LogP contribution in [-0.2, 0) is 17.8 Å². The molecule has 0 atom stereocenters. The van der Waals surface area contributed by atoms with E-state index in [0.717, 1.165) is 16.6 Å². The number of amides is 2. The highest BCUT2D eigenvalue weighted by Crippen LogP contribution is 2.17. The summed E-state index contributed by atoms with van der Waals surface area (Å²) >= 11 is 0. The summed E-state index contributed by atoms with van der Waals surface area (Å²) in [5.41, 5.74) is 3.61. The molecule has 0 aliphatic heterocycles. The van der Waals surface area contributed by atoms with Gasteiger partial charge in [-0.05, 0) is 49.4 Å². The number of hydrogen-bond acceptors (Lipinski definition) is 3. The second-order valence-electron chi connectivity index (χ2n) is 7.54. The van der Waals surface area contributed by atoms with Gasteiger partial charge in [-0.3, -0.25) is 9.59 Å². The van der Waals surface area contributed by atoms with E-state index in [4.69, 9.17) is 0 Å². The van der Waals surface area contributed by atoms with E-state index in [1.54, 1.807) is 18.2 Å². The van der Waals surface area contributed by atoms with Gasteiger partial charge in [0.15, 0.2) is 0 Å². The summed E-state index contributed by atoms with van der Waals surface area (Å²) in [5, 5.41) is 5.63. The molecule has 0 aliphatic carbocycles. The summed E-state index contributed by atoms with van der Waals surface area (Å²) in [6, 6.07) is 20.7. The van der Waals surface area contributed by atoms with Crippen LogP contribution in [0.25, 0.3) is 11.0 Å². The number of para-hydroxylation sites is 2. The first-order chi connectivity index (χ1) is 15.5. The molecule has 4 rings (SSSR count). The van der Waals surface area contributed by atoms with Crippen LogP contribution < -0.4 is 10.6 Å². The van der Waals surface area contributed by atoms with Gasteiger partial charge in [0.25, 0.3) is 5.91 Å². The first-order valence-corrected chi connectivity index (χ1v) is 10.3. The number of nitrogens with zero attached hydrogens (tertiary/aromatic N) is 2. The molecule has 0 saturated heterocycles. The summed E-state index contributed by atoms with van der Waals surface area (Å²) in [5.74, 6) is -0.171. The van der Waals surface area contributed by atoms with Crippen LogP contribution in [0.1, 0.15) is 21.7 Å². The molecule has 0 bridgehead atoms. The van der Waals surface area contributed by atoms with E-state index in [1.165, 1.54) is 12.1 Å². The Labute approximate surface area is 185 Å². The monoisotopic (exact) mass is 430 g/mol. The van der Waals surface area contributed by atoms with Crippen molar-refractivity contribution in [2.45, 2.75) is 19.9 Å². The van der Waals surface area contributed by atoms with Crippen LogP contribution in [0.4, 0.5) is 10.1 Å². The second kappa shape index (κ2) is 9.43. The number of anilines is 1. The molecule has 32 heavy (non-hydrogen) atoms. The minimum atomic E-state index is -0.416. The number of imidazole rings is 1. The van der Waals surface area contributed by atoms with Crippen molar-refractivity contribution in [1.82, 2.24) is 14.9 Å². The Balaban J connectivity index is 1.47. The molecule has 0 fully saturated rings. The van der Waals surface area contributed by atoms with E-state index >= 15 is 0 Å². The van der Waals surface area contributed by atoms with Crippen LogP contribution in [-0.4, -0.2) is 27.9 Å². The smallest absolute Gasteiger partial charge is 0.251 e. The zero-order valence-electron chi connectivity index (χ0n) is 17.6. The van der Waals surface area contributed by atoms with Crippen LogP contribution >= 0.6 is 0 Å². The van der Waals surface area contributed by atoms with Gasteiger partial charge in [-0.2, -0.15) is 0 Å². The molecule has 1 aromatic heterocycles.